The van der Waals surface area contributed by atoms with Crippen LogP contribution in [-0.4, -0.2) is 16.1 Å². The molecule has 0 fully saturated rings. The molecule has 76 valence electrons. The molecule has 0 spiro atoms. The summed E-state index contributed by atoms with van der Waals surface area (Å²) in [4.78, 5) is 23.8. The number of hydrogen-bond donors (Lipinski definition) is 3. The van der Waals surface area contributed by atoms with Crippen LogP contribution in [0.3, 0.4) is 0 Å². The van der Waals surface area contributed by atoms with Crippen molar-refractivity contribution in [3.8, 4) is 0 Å². The van der Waals surface area contributed by atoms with Gasteiger partial charge in [-0.2, -0.15) is 0 Å². The monoisotopic (exact) mass is 260 g/mol. The summed E-state index contributed by atoms with van der Waals surface area (Å²) in [5.41, 5.74) is 5.91. The normalized spacial score (nSPS) is 12.4. The molecule has 4 N–H and O–H groups in total. The van der Waals surface area contributed by atoms with Crippen molar-refractivity contribution in [1.82, 2.24) is 4.98 Å². The van der Waals surface area contributed by atoms with Gasteiger partial charge in [0.05, 0.1) is 10.9 Å². The Bertz CT molecular complexity index is 402. The molecule has 1 unspecified atom stereocenters. The first-order valence-electron chi connectivity index (χ1n) is 3.86. The first kappa shape index (κ1) is 10.9. The van der Waals surface area contributed by atoms with Gasteiger partial charge in [0.1, 0.15) is 0 Å². The summed E-state index contributed by atoms with van der Waals surface area (Å²) in [5, 5.41) is 8.51. The SMILES string of the molecule is NC(CC(=O)O)c1c[nH]c(=O)c(Br)c1. The lowest BCUT2D eigenvalue weighted by molar-refractivity contribution is -0.137. The molecule has 0 radical (unpaired) electrons. The Balaban J connectivity index is 2.91. The Kier molecular flexibility index (Phi) is 3.43. The van der Waals surface area contributed by atoms with Gasteiger partial charge in [-0.15, -0.1) is 0 Å². The van der Waals surface area contributed by atoms with Gasteiger partial charge in [-0.05, 0) is 27.6 Å². The van der Waals surface area contributed by atoms with E-state index in [2.05, 4.69) is 20.9 Å². The van der Waals surface area contributed by atoms with Crippen molar-refractivity contribution in [1.29, 1.82) is 0 Å². The zero-order valence-corrected chi connectivity index (χ0v) is 8.74. The molecule has 0 saturated carbocycles. The highest BCUT2D eigenvalue weighted by atomic mass is 79.9. The van der Waals surface area contributed by atoms with Crippen LogP contribution in [0.5, 0.6) is 0 Å². The molecule has 14 heavy (non-hydrogen) atoms. The van der Waals surface area contributed by atoms with Crippen molar-refractivity contribution < 1.29 is 9.90 Å². The predicted octanol–water partition coefficient (Wildman–Crippen LogP) is 0.612. The number of carboxylic acids is 1. The minimum Gasteiger partial charge on any atom is -0.481 e. The van der Waals surface area contributed by atoms with Crippen LogP contribution < -0.4 is 11.3 Å². The summed E-state index contributed by atoms with van der Waals surface area (Å²) < 4.78 is 0.343. The highest BCUT2D eigenvalue weighted by Gasteiger charge is 2.11. The number of nitrogens with one attached hydrogen (secondary N) is 1. The number of halogens is 1. The molecule has 0 aromatic carbocycles. The van der Waals surface area contributed by atoms with E-state index >= 15 is 0 Å². The summed E-state index contributed by atoms with van der Waals surface area (Å²) in [5.74, 6) is -0.972. The fourth-order valence-electron chi connectivity index (χ4n) is 0.991. The van der Waals surface area contributed by atoms with Gasteiger partial charge in [0, 0.05) is 12.2 Å². The van der Waals surface area contributed by atoms with Crippen LogP contribution in [-0.2, 0) is 4.79 Å². The maximum absolute atomic E-state index is 11.0. The quantitative estimate of drug-likeness (QED) is 0.742. The average Bonchev–Trinajstić information content (AvgIpc) is 2.08. The van der Waals surface area contributed by atoms with E-state index in [-0.39, 0.29) is 12.0 Å². The smallest absolute Gasteiger partial charge is 0.305 e. The van der Waals surface area contributed by atoms with E-state index in [1.807, 2.05) is 0 Å². The molecule has 0 bridgehead atoms. The number of pyridine rings is 1. The van der Waals surface area contributed by atoms with E-state index in [0.717, 1.165) is 0 Å². The highest BCUT2D eigenvalue weighted by molar-refractivity contribution is 9.10. The van der Waals surface area contributed by atoms with Crippen LogP contribution >= 0.6 is 15.9 Å². The maximum atomic E-state index is 11.0. The third kappa shape index (κ3) is 2.68. The molecule has 1 heterocycles. The van der Waals surface area contributed by atoms with Crippen molar-refractivity contribution >= 4 is 21.9 Å². The molecule has 1 atom stereocenters. The van der Waals surface area contributed by atoms with Gasteiger partial charge < -0.3 is 15.8 Å². The Morgan fingerprint density at radius 1 is 1.71 bits per heavy atom. The fraction of sp³-hybridized carbons (Fsp3) is 0.250. The van der Waals surface area contributed by atoms with E-state index in [1.165, 1.54) is 12.3 Å². The van der Waals surface area contributed by atoms with Crippen molar-refractivity contribution in [3.05, 3.63) is 32.7 Å². The minimum absolute atomic E-state index is 0.168. The number of H-pyrrole nitrogens is 1. The molecular weight excluding hydrogens is 252 g/mol. The molecular formula is C8H9BrN2O3. The minimum atomic E-state index is -0.972. The van der Waals surface area contributed by atoms with Crippen LogP contribution in [0.4, 0.5) is 0 Å². The van der Waals surface area contributed by atoms with Crippen molar-refractivity contribution in [2.75, 3.05) is 0 Å². The summed E-state index contributed by atoms with van der Waals surface area (Å²) >= 11 is 3.03. The van der Waals surface area contributed by atoms with Gasteiger partial charge in [0.2, 0.25) is 0 Å². The highest BCUT2D eigenvalue weighted by Crippen LogP contribution is 2.14. The number of carbonyl (C=O) groups is 1. The predicted molar refractivity (Wildman–Crippen MR) is 53.9 cm³/mol. The molecule has 0 saturated heterocycles. The van der Waals surface area contributed by atoms with E-state index in [0.29, 0.717) is 10.0 Å². The number of aromatic amines is 1. The van der Waals surface area contributed by atoms with E-state index < -0.39 is 12.0 Å². The number of rotatable bonds is 3. The molecule has 0 amide bonds. The molecule has 5 nitrogen and oxygen atoms in total. The first-order chi connectivity index (χ1) is 6.50. The number of carboxylic acid groups (broad SMARTS) is 1. The van der Waals surface area contributed by atoms with Crippen molar-refractivity contribution in [3.63, 3.8) is 0 Å². The second-order valence-electron chi connectivity index (χ2n) is 2.81. The second kappa shape index (κ2) is 4.39. The Hall–Kier alpha value is -1.14. The lowest BCUT2D eigenvalue weighted by Gasteiger charge is -2.08. The fourth-order valence-corrected chi connectivity index (χ4v) is 1.37. The standard InChI is InChI=1S/C8H9BrN2O3/c9-5-1-4(3-11-8(5)14)6(10)2-7(12)13/h1,3,6H,2,10H2,(H,11,14)(H,12,13). The Labute approximate surface area is 88.1 Å². The van der Waals surface area contributed by atoms with Crippen LogP contribution in [0.15, 0.2) is 21.5 Å². The average molecular weight is 261 g/mol. The zero-order valence-electron chi connectivity index (χ0n) is 7.16. The van der Waals surface area contributed by atoms with Gasteiger partial charge in [-0.25, -0.2) is 0 Å². The Morgan fingerprint density at radius 3 is 2.86 bits per heavy atom. The molecule has 1 aromatic rings. The van der Waals surface area contributed by atoms with Crippen LogP contribution in [0.25, 0.3) is 0 Å². The molecule has 0 aliphatic heterocycles. The van der Waals surface area contributed by atoms with Crippen molar-refractivity contribution in [2.24, 2.45) is 5.73 Å². The molecule has 6 heteroatoms. The molecule has 1 aromatic heterocycles. The zero-order chi connectivity index (χ0) is 10.7. The molecule has 1 rings (SSSR count). The number of aliphatic carboxylic acids is 1. The third-order valence-electron chi connectivity index (χ3n) is 1.70. The lowest BCUT2D eigenvalue weighted by atomic mass is 10.1. The largest absolute Gasteiger partial charge is 0.481 e. The van der Waals surface area contributed by atoms with Crippen LogP contribution in [0.2, 0.25) is 0 Å². The summed E-state index contributed by atoms with van der Waals surface area (Å²) in [7, 11) is 0. The van der Waals surface area contributed by atoms with Crippen LogP contribution in [0.1, 0.15) is 18.0 Å². The molecule has 0 aliphatic rings. The van der Waals surface area contributed by atoms with Gasteiger partial charge in [-0.1, -0.05) is 0 Å². The molecule has 0 aliphatic carbocycles. The van der Waals surface area contributed by atoms with Crippen molar-refractivity contribution in [2.45, 2.75) is 12.5 Å². The second-order valence-corrected chi connectivity index (χ2v) is 3.67. The number of hydrogen-bond acceptors (Lipinski definition) is 3. The third-order valence-corrected chi connectivity index (χ3v) is 2.29. The topological polar surface area (TPSA) is 96.2 Å². The first-order valence-corrected chi connectivity index (χ1v) is 4.65. The summed E-state index contributed by atoms with van der Waals surface area (Å²) in [6.07, 6.45) is 1.25. The summed E-state index contributed by atoms with van der Waals surface area (Å²) in [6, 6.07) is 0.910. The number of aromatic nitrogens is 1. The Morgan fingerprint density at radius 2 is 2.36 bits per heavy atom. The maximum Gasteiger partial charge on any atom is 0.305 e. The van der Waals surface area contributed by atoms with Crippen LogP contribution in [0, 0.1) is 0 Å². The number of nitrogens with two attached hydrogens (primary N) is 1. The van der Waals surface area contributed by atoms with Gasteiger partial charge >= 0.3 is 5.97 Å². The lowest BCUT2D eigenvalue weighted by Crippen LogP contribution is -2.17. The summed E-state index contributed by atoms with van der Waals surface area (Å²) in [6.45, 7) is 0. The van der Waals surface area contributed by atoms with Gasteiger partial charge in [0.15, 0.2) is 0 Å². The van der Waals surface area contributed by atoms with E-state index in [9.17, 15) is 9.59 Å². The van der Waals surface area contributed by atoms with E-state index in [4.69, 9.17) is 10.8 Å². The van der Waals surface area contributed by atoms with Gasteiger partial charge in [-0.3, -0.25) is 9.59 Å². The van der Waals surface area contributed by atoms with E-state index in [1.54, 1.807) is 0 Å². The van der Waals surface area contributed by atoms with Gasteiger partial charge in [0.25, 0.3) is 5.56 Å².